The van der Waals surface area contributed by atoms with Gasteiger partial charge in [-0.15, -0.1) is 11.3 Å². The van der Waals surface area contributed by atoms with Crippen LogP contribution in [-0.2, 0) is 0 Å². The van der Waals surface area contributed by atoms with Crippen molar-refractivity contribution >= 4 is 32.5 Å². The number of benzene rings is 2. The summed E-state index contributed by atoms with van der Waals surface area (Å²) in [6.45, 7) is 0. The third-order valence-electron chi connectivity index (χ3n) is 3.13. The second kappa shape index (κ2) is 3.68. The summed E-state index contributed by atoms with van der Waals surface area (Å²) in [5, 5.41) is 3.46. The average molecular weight is 251 g/mol. The molecule has 4 aromatic rings. The minimum Gasteiger partial charge on any atom is -0.443 e. The van der Waals surface area contributed by atoms with Crippen LogP contribution in [0.3, 0.4) is 0 Å². The molecule has 0 radical (unpaired) electrons. The number of thiophene rings is 1. The molecule has 0 atom stereocenters. The summed E-state index contributed by atoms with van der Waals surface area (Å²) < 4.78 is 6.66. The molecule has 2 aromatic heterocycles. The monoisotopic (exact) mass is 251 g/mol. The van der Waals surface area contributed by atoms with Crippen molar-refractivity contribution in [2.45, 2.75) is 0 Å². The summed E-state index contributed by atoms with van der Waals surface area (Å²) in [5.74, 6) is 0. The summed E-state index contributed by atoms with van der Waals surface area (Å²) in [5.41, 5.74) is 4.14. The van der Waals surface area contributed by atoms with Gasteiger partial charge in [-0.1, -0.05) is 30.3 Å². The molecule has 2 nitrogen and oxygen atoms in total. The van der Waals surface area contributed by atoms with Gasteiger partial charge in [0.25, 0.3) is 0 Å². The van der Waals surface area contributed by atoms with E-state index in [9.17, 15) is 0 Å². The van der Waals surface area contributed by atoms with E-state index in [2.05, 4.69) is 40.7 Å². The van der Waals surface area contributed by atoms with E-state index in [-0.39, 0.29) is 0 Å². The molecule has 0 saturated heterocycles. The Morgan fingerprint density at radius 1 is 0.944 bits per heavy atom. The number of oxazole rings is 1. The van der Waals surface area contributed by atoms with Gasteiger partial charge in [0.05, 0.1) is 0 Å². The number of para-hydroxylation sites is 1. The van der Waals surface area contributed by atoms with Gasteiger partial charge < -0.3 is 4.42 Å². The molecule has 0 bridgehead atoms. The Morgan fingerprint density at radius 2 is 1.89 bits per heavy atom. The molecule has 0 spiro atoms. The van der Waals surface area contributed by atoms with Gasteiger partial charge in [0.15, 0.2) is 12.0 Å². The van der Waals surface area contributed by atoms with Crippen LogP contribution in [0.1, 0.15) is 0 Å². The average Bonchev–Trinajstić information content (AvgIpc) is 3.05. The first-order valence-electron chi connectivity index (χ1n) is 5.72. The van der Waals surface area contributed by atoms with Crippen LogP contribution in [0, 0.1) is 0 Å². The second-order valence-electron chi connectivity index (χ2n) is 4.15. The van der Waals surface area contributed by atoms with E-state index in [0.29, 0.717) is 0 Å². The Morgan fingerprint density at radius 3 is 2.89 bits per heavy atom. The fourth-order valence-electron chi connectivity index (χ4n) is 2.29. The Bertz CT molecular complexity index is 844. The molecular formula is C15H9NOS. The lowest BCUT2D eigenvalue weighted by atomic mass is 10.0. The van der Waals surface area contributed by atoms with Gasteiger partial charge in [-0.3, -0.25) is 0 Å². The maximum atomic E-state index is 5.36. The number of rotatable bonds is 1. The number of fused-ring (bicyclic) bond motifs is 2. The second-order valence-corrected chi connectivity index (χ2v) is 5.06. The first-order chi connectivity index (χ1) is 8.93. The van der Waals surface area contributed by atoms with Gasteiger partial charge in [0, 0.05) is 21.2 Å². The quantitative estimate of drug-likeness (QED) is 0.489. The van der Waals surface area contributed by atoms with E-state index in [4.69, 9.17) is 4.42 Å². The van der Waals surface area contributed by atoms with Gasteiger partial charge in [0.2, 0.25) is 0 Å². The molecule has 0 amide bonds. The zero-order chi connectivity index (χ0) is 11.9. The Balaban J connectivity index is 2.10. The van der Waals surface area contributed by atoms with Crippen LogP contribution in [-0.4, -0.2) is 4.98 Å². The zero-order valence-electron chi connectivity index (χ0n) is 9.46. The summed E-state index contributed by atoms with van der Waals surface area (Å²) in [7, 11) is 0. The van der Waals surface area contributed by atoms with Gasteiger partial charge in [-0.05, 0) is 17.5 Å². The van der Waals surface area contributed by atoms with Gasteiger partial charge in [0.1, 0.15) is 5.52 Å². The minimum atomic E-state index is 0.836. The molecule has 0 unspecified atom stereocenters. The molecule has 18 heavy (non-hydrogen) atoms. The number of nitrogens with zero attached hydrogens (tertiary/aromatic N) is 1. The normalized spacial score (nSPS) is 11.3. The van der Waals surface area contributed by atoms with E-state index in [0.717, 1.165) is 16.7 Å². The minimum absolute atomic E-state index is 0.836. The van der Waals surface area contributed by atoms with Crippen molar-refractivity contribution in [1.29, 1.82) is 0 Å². The zero-order valence-corrected chi connectivity index (χ0v) is 10.3. The van der Waals surface area contributed by atoms with Crippen LogP contribution in [0.25, 0.3) is 32.3 Å². The van der Waals surface area contributed by atoms with Crippen LogP contribution >= 0.6 is 11.3 Å². The Labute approximate surface area is 108 Å². The SMILES string of the molecule is c1cc(-c2csc3ccccc23)c2ncoc2c1. The summed E-state index contributed by atoms with van der Waals surface area (Å²) >= 11 is 1.76. The molecule has 2 aromatic carbocycles. The fraction of sp³-hybridized carbons (Fsp3) is 0. The Kier molecular flexibility index (Phi) is 2.02. The van der Waals surface area contributed by atoms with Crippen molar-refractivity contribution in [3.8, 4) is 11.1 Å². The first-order valence-corrected chi connectivity index (χ1v) is 6.60. The fourth-order valence-corrected chi connectivity index (χ4v) is 3.25. The number of aromatic nitrogens is 1. The van der Waals surface area contributed by atoms with E-state index < -0.39 is 0 Å². The lowest BCUT2D eigenvalue weighted by Gasteiger charge is -2.00. The molecule has 0 aliphatic heterocycles. The Hall–Kier alpha value is -2.13. The third kappa shape index (κ3) is 1.31. The van der Waals surface area contributed by atoms with Crippen LogP contribution in [0.2, 0.25) is 0 Å². The van der Waals surface area contributed by atoms with Crippen molar-refractivity contribution in [3.63, 3.8) is 0 Å². The van der Waals surface area contributed by atoms with E-state index >= 15 is 0 Å². The molecule has 0 aliphatic rings. The van der Waals surface area contributed by atoms with E-state index in [1.54, 1.807) is 11.3 Å². The van der Waals surface area contributed by atoms with Gasteiger partial charge in [-0.25, -0.2) is 4.98 Å². The maximum absolute atomic E-state index is 5.36. The summed E-state index contributed by atoms with van der Waals surface area (Å²) in [4.78, 5) is 4.32. The van der Waals surface area contributed by atoms with Gasteiger partial charge >= 0.3 is 0 Å². The molecule has 2 heterocycles. The summed E-state index contributed by atoms with van der Waals surface area (Å²) in [6, 6.07) is 14.5. The molecule has 0 saturated carbocycles. The van der Waals surface area contributed by atoms with Crippen LogP contribution in [0.5, 0.6) is 0 Å². The van der Waals surface area contributed by atoms with Crippen molar-refractivity contribution in [3.05, 3.63) is 54.2 Å². The lowest BCUT2D eigenvalue weighted by molar-refractivity contribution is 0.602. The first kappa shape index (κ1) is 9.85. The van der Waals surface area contributed by atoms with Crippen LogP contribution in [0.15, 0.2) is 58.7 Å². The molecular weight excluding hydrogens is 242 g/mol. The number of hydrogen-bond donors (Lipinski definition) is 0. The number of hydrogen-bond acceptors (Lipinski definition) is 3. The van der Waals surface area contributed by atoms with Crippen molar-refractivity contribution in [2.24, 2.45) is 0 Å². The highest BCUT2D eigenvalue weighted by Crippen LogP contribution is 2.36. The predicted octanol–water partition coefficient (Wildman–Crippen LogP) is 4.71. The highest BCUT2D eigenvalue weighted by atomic mass is 32.1. The topological polar surface area (TPSA) is 26.0 Å². The van der Waals surface area contributed by atoms with E-state index in [1.165, 1.54) is 22.0 Å². The molecule has 0 N–H and O–H groups in total. The predicted molar refractivity (Wildman–Crippen MR) is 74.8 cm³/mol. The molecule has 3 heteroatoms. The summed E-state index contributed by atoms with van der Waals surface area (Å²) in [6.07, 6.45) is 1.50. The maximum Gasteiger partial charge on any atom is 0.182 e. The third-order valence-corrected chi connectivity index (χ3v) is 4.10. The molecule has 0 fully saturated rings. The highest BCUT2D eigenvalue weighted by Gasteiger charge is 2.11. The molecule has 86 valence electrons. The van der Waals surface area contributed by atoms with Gasteiger partial charge in [-0.2, -0.15) is 0 Å². The smallest absolute Gasteiger partial charge is 0.182 e. The molecule has 4 rings (SSSR count). The van der Waals surface area contributed by atoms with E-state index in [1.807, 2.05) is 12.1 Å². The van der Waals surface area contributed by atoms with Crippen LogP contribution in [0.4, 0.5) is 0 Å². The lowest BCUT2D eigenvalue weighted by Crippen LogP contribution is -1.78. The van der Waals surface area contributed by atoms with Crippen molar-refractivity contribution < 1.29 is 4.42 Å². The van der Waals surface area contributed by atoms with Crippen molar-refractivity contribution in [1.82, 2.24) is 4.98 Å². The van der Waals surface area contributed by atoms with Crippen molar-refractivity contribution in [2.75, 3.05) is 0 Å². The van der Waals surface area contributed by atoms with Crippen LogP contribution < -0.4 is 0 Å². The highest BCUT2D eigenvalue weighted by molar-refractivity contribution is 7.17. The largest absolute Gasteiger partial charge is 0.443 e. The standard InChI is InChI=1S/C15H9NOS/c1-2-7-14-10(4-1)12(8-18-14)11-5-3-6-13-15(11)16-9-17-13/h1-9H. The molecule has 0 aliphatic carbocycles.